The van der Waals surface area contributed by atoms with E-state index in [1.54, 1.807) is 0 Å². The maximum absolute atomic E-state index is 14.5. The highest BCUT2D eigenvalue weighted by atomic mass is 19.1. The van der Waals surface area contributed by atoms with Gasteiger partial charge in [-0.1, -0.05) is 6.92 Å². The van der Waals surface area contributed by atoms with Crippen LogP contribution in [0.25, 0.3) is 0 Å². The summed E-state index contributed by atoms with van der Waals surface area (Å²) in [5, 5.41) is 0. The van der Waals surface area contributed by atoms with Crippen LogP contribution in [0.15, 0.2) is 36.4 Å². The van der Waals surface area contributed by atoms with Gasteiger partial charge in [0.2, 0.25) is 0 Å². The molecule has 0 fully saturated rings. The molecule has 0 saturated heterocycles. The number of hydrogen-bond donors (Lipinski definition) is 0. The molecule has 0 aliphatic carbocycles. The second-order valence-corrected chi connectivity index (χ2v) is 5.98. The summed E-state index contributed by atoms with van der Waals surface area (Å²) in [6.45, 7) is 2.25. The van der Waals surface area contributed by atoms with Gasteiger partial charge in [0.25, 0.3) is 11.8 Å². The van der Waals surface area contributed by atoms with Crippen LogP contribution in [0.1, 0.15) is 23.7 Å². The summed E-state index contributed by atoms with van der Waals surface area (Å²) in [4.78, 5) is 27.3. The number of rotatable bonds is 4. The normalized spacial score (nSPS) is 13.2. The number of amides is 2. The Morgan fingerprint density at radius 2 is 1.92 bits per heavy atom. The molecule has 3 rings (SSSR count). The van der Waals surface area contributed by atoms with Crippen molar-refractivity contribution in [2.45, 2.75) is 13.3 Å². The molecule has 0 aromatic heterocycles. The third-order valence-electron chi connectivity index (χ3n) is 4.18. The Hall–Kier alpha value is -2.96. The van der Waals surface area contributed by atoms with Gasteiger partial charge in [0.05, 0.1) is 11.4 Å². The number of hydrogen-bond acceptors (Lipinski definition) is 3. The topological polar surface area (TPSA) is 49.9 Å². The van der Waals surface area contributed by atoms with Crippen molar-refractivity contribution in [3.8, 4) is 5.75 Å². The molecule has 136 valence electrons. The zero-order valence-electron chi connectivity index (χ0n) is 14.5. The monoisotopic (exact) mass is 360 g/mol. The van der Waals surface area contributed by atoms with Crippen molar-refractivity contribution in [2.24, 2.45) is 0 Å². The number of halogens is 2. The number of ether oxygens (including phenoxy) is 1. The molecule has 0 saturated carbocycles. The Kier molecular flexibility index (Phi) is 4.88. The molecule has 26 heavy (non-hydrogen) atoms. The van der Waals surface area contributed by atoms with Gasteiger partial charge in [-0.3, -0.25) is 9.59 Å². The largest absolute Gasteiger partial charge is 0.481 e. The summed E-state index contributed by atoms with van der Waals surface area (Å²) in [5.41, 5.74) is 0.666. The van der Waals surface area contributed by atoms with Crippen molar-refractivity contribution in [3.05, 3.63) is 53.6 Å². The summed E-state index contributed by atoms with van der Waals surface area (Å²) < 4.78 is 32.9. The van der Waals surface area contributed by atoms with E-state index in [0.29, 0.717) is 12.2 Å². The molecular formula is C19H18F2N2O3. The first-order valence-corrected chi connectivity index (χ1v) is 8.22. The predicted octanol–water partition coefficient (Wildman–Crippen LogP) is 3.38. The van der Waals surface area contributed by atoms with Gasteiger partial charge in [0.15, 0.2) is 12.4 Å². The van der Waals surface area contributed by atoms with Crippen LogP contribution in [0.5, 0.6) is 5.75 Å². The summed E-state index contributed by atoms with van der Waals surface area (Å²) in [6.07, 6.45) is 0.724. The molecule has 0 bridgehead atoms. The van der Waals surface area contributed by atoms with Gasteiger partial charge >= 0.3 is 0 Å². The molecule has 7 heteroatoms. The smallest absolute Gasteiger partial charge is 0.265 e. The lowest BCUT2D eigenvalue weighted by Crippen LogP contribution is -2.39. The van der Waals surface area contributed by atoms with E-state index in [2.05, 4.69) is 0 Å². The van der Waals surface area contributed by atoms with Crippen LogP contribution in [0, 0.1) is 11.6 Å². The van der Waals surface area contributed by atoms with Crippen LogP contribution >= 0.6 is 0 Å². The highest BCUT2D eigenvalue weighted by molar-refractivity contribution is 6.06. The number of anilines is 2. The number of benzene rings is 2. The molecule has 2 aromatic rings. The van der Waals surface area contributed by atoms with Crippen LogP contribution in [-0.4, -0.2) is 32.0 Å². The predicted molar refractivity (Wildman–Crippen MR) is 93.7 cm³/mol. The minimum absolute atomic E-state index is 0.0116. The molecule has 2 aromatic carbocycles. The third-order valence-corrected chi connectivity index (χ3v) is 4.18. The Morgan fingerprint density at radius 1 is 1.23 bits per heavy atom. The molecule has 5 nitrogen and oxygen atoms in total. The van der Waals surface area contributed by atoms with Crippen LogP contribution < -0.4 is 14.5 Å². The fourth-order valence-electron chi connectivity index (χ4n) is 2.83. The summed E-state index contributed by atoms with van der Waals surface area (Å²) in [7, 11) is 1.42. The van der Waals surface area contributed by atoms with Gasteiger partial charge in [-0.05, 0) is 36.8 Å². The van der Waals surface area contributed by atoms with E-state index in [-0.39, 0.29) is 29.5 Å². The van der Waals surface area contributed by atoms with Crippen molar-refractivity contribution < 1.29 is 23.1 Å². The Bertz CT molecular complexity index is 853. The van der Waals surface area contributed by atoms with E-state index < -0.39 is 17.5 Å². The highest BCUT2D eigenvalue weighted by Gasteiger charge is 2.28. The van der Waals surface area contributed by atoms with Gasteiger partial charge in [-0.2, -0.15) is 0 Å². The van der Waals surface area contributed by atoms with Crippen LogP contribution in [-0.2, 0) is 4.79 Å². The lowest BCUT2D eigenvalue weighted by molar-refractivity contribution is -0.121. The molecule has 2 amide bonds. The lowest BCUT2D eigenvalue weighted by atomic mass is 10.1. The van der Waals surface area contributed by atoms with Gasteiger partial charge in [0.1, 0.15) is 11.6 Å². The Balaban J connectivity index is 1.98. The number of carbonyl (C=O) groups excluding carboxylic acids is 2. The minimum Gasteiger partial charge on any atom is -0.481 e. The molecule has 0 spiro atoms. The van der Waals surface area contributed by atoms with E-state index in [1.807, 2.05) is 6.92 Å². The molecule has 1 aliphatic rings. The first-order chi connectivity index (χ1) is 12.4. The molecule has 0 N–H and O–H groups in total. The van der Waals surface area contributed by atoms with Crippen molar-refractivity contribution in [1.29, 1.82) is 0 Å². The van der Waals surface area contributed by atoms with Gasteiger partial charge in [-0.15, -0.1) is 0 Å². The van der Waals surface area contributed by atoms with E-state index in [4.69, 9.17) is 4.74 Å². The number of nitrogens with zero attached hydrogens (tertiary/aromatic N) is 2. The van der Waals surface area contributed by atoms with Crippen molar-refractivity contribution >= 4 is 23.2 Å². The molecule has 0 atom stereocenters. The number of fused-ring (bicyclic) bond motifs is 1. The molecule has 1 aliphatic heterocycles. The average Bonchev–Trinajstić information content (AvgIpc) is 2.63. The van der Waals surface area contributed by atoms with E-state index in [1.165, 1.54) is 48.3 Å². The van der Waals surface area contributed by atoms with Crippen LogP contribution in [0.4, 0.5) is 20.2 Å². The maximum Gasteiger partial charge on any atom is 0.265 e. The summed E-state index contributed by atoms with van der Waals surface area (Å²) in [5.74, 6) is -1.55. The van der Waals surface area contributed by atoms with Crippen LogP contribution in [0.2, 0.25) is 0 Å². The molecular weight excluding hydrogens is 342 g/mol. The van der Waals surface area contributed by atoms with Crippen molar-refractivity contribution in [2.75, 3.05) is 30.0 Å². The fraction of sp³-hybridized carbons (Fsp3) is 0.263. The zero-order valence-corrected chi connectivity index (χ0v) is 14.5. The van der Waals surface area contributed by atoms with E-state index >= 15 is 0 Å². The minimum atomic E-state index is -0.646. The van der Waals surface area contributed by atoms with E-state index in [9.17, 15) is 18.4 Å². The summed E-state index contributed by atoms with van der Waals surface area (Å²) >= 11 is 0. The highest BCUT2D eigenvalue weighted by Crippen LogP contribution is 2.37. The lowest BCUT2D eigenvalue weighted by Gasteiger charge is -2.30. The average molecular weight is 360 g/mol. The van der Waals surface area contributed by atoms with Gasteiger partial charge in [0, 0.05) is 25.2 Å². The van der Waals surface area contributed by atoms with Crippen molar-refractivity contribution in [1.82, 2.24) is 0 Å². The summed E-state index contributed by atoms with van der Waals surface area (Å²) in [6, 6.07) is 7.60. The zero-order chi connectivity index (χ0) is 18.8. The quantitative estimate of drug-likeness (QED) is 0.840. The van der Waals surface area contributed by atoms with Gasteiger partial charge in [-0.25, -0.2) is 8.78 Å². The second kappa shape index (κ2) is 7.11. The number of carbonyl (C=O) groups is 2. The molecule has 0 radical (unpaired) electrons. The van der Waals surface area contributed by atoms with Crippen LogP contribution in [0.3, 0.4) is 0 Å². The molecule has 0 unspecified atom stereocenters. The first kappa shape index (κ1) is 17.8. The second-order valence-electron chi connectivity index (χ2n) is 5.98. The van der Waals surface area contributed by atoms with E-state index in [0.717, 1.165) is 11.3 Å². The third kappa shape index (κ3) is 3.24. The SMILES string of the molecule is CCCN1C(=O)COc2cc(F)c(N(C)C(=O)c3ccc(F)cc3)cc21. The Morgan fingerprint density at radius 3 is 2.58 bits per heavy atom. The van der Waals surface area contributed by atoms with Gasteiger partial charge < -0.3 is 14.5 Å². The van der Waals surface area contributed by atoms with Crippen molar-refractivity contribution in [3.63, 3.8) is 0 Å². The molecule has 1 heterocycles. The Labute approximate surface area is 149 Å². The standard InChI is InChI=1S/C19H18F2N2O3/c1-3-8-23-16-10-15(14(21)9-17(16)26-11-18(23)24)22(2)19(25)12-4-6-13(20)7-5-12/h4-7,9-10H,3,8,11H2,1-2H3. The fourth-order valence-corrected chi connectivity index (χ4v) is 2.83. The first-order valence-electron chi connectivity index (χ1n) is 8.22. The maximum atomic E-state index is 14.5.